The van der Waals surface area contributed by atoms with Crippen molar-refractivity contribution >= 4 is 28.6 Å². The number of benzene rings is 1. The van der Waals surface area contributed by atoms with E-state index in [9.17, 15) is 14.4 Å². The molecular formula is C23H32N4O3. The Morgan fingerprint density at radius 3 is 2.83 bits per heavy atom. The fourth-order valence-electron chi connectivity index (χ4n) is 4.11. The van der Waals surface area contributed by atoms with Gasteiger partial charge in [-0.1, -0.05) is 31.5 Å². The first kappa shape index (κ1) is 21.9. The van der Waals surface area contributed by atoms with Gasteiger partial charge in [0, 0.05) is 50.1 Å². The molecule has 7 nitrogen and oxygen atoms in total. The van der Waals surface area contributed by atoms with Crippen LogP contribution in [0.15, 0.2) is 30.5 Å². The van der Waals surface area contributed by atoms with Crippen LogP contribution in [0.4, 0.5) is 0 Å². The Bertz CT molecular complexity index is 891. The van der Waals surface area contributed by atoms with Gasteiger partial charge < -0.3 is 20.5 Å². The highest BCUT2D eigenvalue weighted by Gasteiger charge is 2.32. The molecule has 3 rings (SSSR count). The average molecular weight is 413 g/mol. The van der Waals surface area contributed by atoms with Crippen LogP contribution in [-0.4, -0.2) is 53.3 Å². The normalized spacial score (nSPS) is 17.5. The SMILES string of the molecule is CCCCNC(=O)C1CCCN(C(=O)C(Cc2c[nH]c3ccccc23)NC(C)=O)C1. The smallest absolute Gasteiger partial charge is 0.245 e. The minimum absolute atomic E-state index is 0.0219. The second-order valence-electron chi connectivity index (χ2n) is 8.08. The van der Waals surface area contributed by atoms with Crippen molar-refractivity contribution in [2.45, 2.75) is 52.0 Å². The van der Waals surface area contributed by atoms with E-state index in [-0.39, 0.29) is 23.6 Å². The van der Waals surface area contributed by atoms with Crippen LogP contribution in [0, 0.1) is 5.92 Å². The molecule has 1 saturated heterocycles. The van der Waals surface area contributed by atoms with E-state index >= 15 is 0 Å². The van der Waals surface area contributed by atoms with E-state index in [1.807, 2.05) is 30.5 Å². The summed E-state index contributed by atoms with van der Waals surface area (Å²) in [4.78, 5) is 42.5. The Labute approximate surface area is 177 Å². The molecule has 3 amide bonds. The van der Waals surface area contributed by atoms with Crippen molar-refractivity contribution in [2.75, 3.05) is 19.6 Å². The third-order valence-corrected chi connectivity index (χ3v) is 5.71. The summed E-state index contributed by atoms with van der Waals surface area (Å²) < 4.78 is 0. The number of piperidine rings is 1. The van der Waals surface area contributed by atoms with E-state index in [0.29, 0.717) is 26.1 Å². The molecule has 0 aliphatic carbocycles. The second-order valence-corrected chi connectivity index (χ2v) is 8.08. The summed E-state index contributed by atoms with van der Waals surface area (Å²) >= 11 is 0. The molecule has 30 heavy (non-hydrogen) atoms. The monoisotopic (exact) mass is 412 g/mol. The zero-order valence-corrected chi connectivity index (χ0v) is 17.9. The van der Waals surface area contributed by atoms with Crippen molar-refractivity contribution in [1.82, 2.24) is 20.5 Å². The van der Waals surface area contributed by atoms with Gasteiger partial charge in [0.25, 0.3) is 0 Å². The summed E-state index contributed by atoms with van der Waals surface area (Å²) in [5.41, 5.74) is 1.99. The van der Waals surface area contributed by atoms with Crippen LogP contribution in [0.2, 0.25) is 0 Å². The van der Waals surface area contributed by atoms with Gasteiger partial charge in [-0.25, -0.2) is 0 Å². The predicted octanol–water partition coefficient (Wildman–Crippen LogP) is 2.37. The number of aromatic nitrogens is 1. The maximum Gasteiger partial charge on any atom is 0.245 e. The molecule has 7 heteroatoms. The molecule has 1 aromatic carbocycles. The minimum Gasteiger partial charge on any atom is -0.361 e. The van der Waals surface area contributed by atoms with Gasteiger partial charge in [-0.2, -0.15) is 0 Å². The first-order valence-electron chi connectivity index (χ1n) is 10.9. The van der Waals surface area contributed by atoms with Gasteiger partial charge in [0.1, 0.15) is 6.04 Å². The maximum atomic E-state index is 13.3. The summed E-state index contributed by atoms with van der Waals surface area (Å²) in [5, 5.41) is 6.85. The highest BCUT2D eigenvalue weighted by Crippen LogP contribution is 2.22. The molecule has 2 heterocycles. The van der Waals surface area contributed by atoms with Crippen molar-refractivity contribution in [3.05, 3.63) is 36.0 Å². The molecule has 2 aromatic rings. The zero-order chi connectivity index (χ0) is 21.5. The van der Waals surface area contributed by atoms with Gasteiger partial charge in [0.15, 0.2) is 0 Å². The summed E-state index contributed by atoms with van der Waals surface area (Å²) in [6.07, 6.45) is 5.86. The van der Waals surface area contributed by atoms with Crippen LogP contribution >= 0.6 is 0 Å². The average Bonchev–Trinajstić information content (AvgIpc) is 3.15. The number of rotatable bonds is 8. The largest absolute Gasteiger partial charge is 0.361 e. The Morgan fingerprint density at radius 2 is 2.07 bits per heavy atom. The summed E-state index contributed by atoms with van der Waals surface area (Å²) in [5.74, 6) is -0.528. The first-order chi connectivity index (χ1) is 14.5. The molecule has 1 aliphatic heterocycles. The van der Waals surface area contributed by atoms with E-state index in [0.717, 1.165) is 42.1 Å². The Kier molecular flexibility index (Phi) is 7.49. The molecule has 0 bridgehead atoms. The Morgan fingerprint density at radius 1 is 1.27 bits per heavy atom. The lowest BCUT2D eigenvalue weighted by Gasteiger charge is -2.34. The quantitative estimate of drug-likeness (QED) is 0.581. The van der Waals surface area contributed by atoms with Crippen LogP contribution in [0.1, 0.15) is 45.1 Å². The highest BCUT2D eigenvalue weighted by molar-refractivity contribution is 5.89. The maximum absolute atomic E-state index is 13.3. The number of fused-ring (bicyclic) bond motifs is 1. The molecule has 0 saturated carbocycles. The number of nitrogens with zero attached hydrogens (tertiary/aromatic N) is 1. The fraction of sp³-hybridized carbons (Fsp3) is 0.522. The van der Waals surface area contributed by atoms with Gasteiger partial charge in [-0.15, -0.1) is 0 Å². The highest BCUT2D eigenvalue weighted by atomic mass is 16.2. The van der Waals surface area contributed by atoms with Gasteiger partial charge in [-0.05, 0) is 30.9 Å². The van der Waals surface area contributed by atoms with E-state index in [2.05, 4.69) is 22.5 Å². The van der Waals surface area contributed by atoms with Crippen LogP contribution in [0.25, 0.3) is 10.9 Å². The molecule has 3 N–H and O–H groups in total. The number of amides is 3. The van der Waals surface area contributed by atoms with Crippen molar-refractivity contribution in [1.29, 1.82) is 0 Å². The summed E-state index contributed by atoms with van der Waals surface area (Å²) in [6, 6.07) is 7.26. The molecule has 0 radical (unpaired) electrons. The standard InChI is InChI=1S/C23H32N4O3/c1-3-4-11-24-22(29)17-8-7-12-27(15-17)23(30)21(26-16(2)28)13-18-14-25-20-10-6-5-9-19(18)20/h5-6,9-10,14,17,21,25H,3-4,7-8,11-13,15H2,1-2H3,(H,24,29)(H,26,28). The number of hydrogen-bond acceptors (Lipinski definition) is 3. The number of aromatic amines is 1. The lowest BCUT2D eigenvalue weighted by molar-refractivity contribution is -0.139. The molecule has 2 unspecified atom stereocenters. The number of para-hydroxylation sites is 1. The third kappa shape index (κ3) is 5.40. The van der Waals surface area contributed by atoms with E-state index < -0.39 is 6.04 Å². The number of H-pyrrole nitrogens is 1. The number of likely N-dealkylation sites (tertiary alicyclic amines) is 1. The van der Waals surface area contributed by atoms with Crippen LogP contribution in [0.3, 0.4) is 0 Å². The van der Waals surface area contributed by atoms with Gasteiger partial charge in [-0.3, -0.25) is 14.4 Å². The number of unbranched alkanes of at least 4 members (excludes halogenated alkanes) is 1. The van der Waals surface area contributed by atoms with Crippen LogP contribution in [-0.2, 0) is 20.8 Å². The number of carbonyl (C=O) groups is 3. The zero-order valence-electron chi connectivity index (χ0n) is 17.9. The fourth-order valence-corrected chi connectivity index (χ4v) is 4.11. The second kappa shape index (κ2) is 10.3. The van der Waals surface area contributed by atoms with E-state index in [1.165, 1.54) is 6.92 Å². The van der Waals surface area contributed by atoms with Crippen molar-refractivity contribution in [3.63, 3.8) is 0 Å². The van der Waals surface area contributed by atoms with Crippen molar-refractivity contribution in [3.8, 4) is 0 Å². The molecule has 0 spiro atoms. The Balaban J connectivity index is 1.70. The summed E-state index contributed by atoms with van der Waals surface area (Å²) in [6.45, 7) is 5.20. The number of nitrogens with one attached hydrogen (secondary N) is 3. The molecule has 2 atom stereocenters. The third-order valence-electron chi connectivity index (χ3n) is 5.71. The van der Waals surface area contributed by atoms with Gasteiger partial charge in [0.05, 0.1) is 5.92 Å². The van der Waals surface area contributed by atoms with Gasteiger partial charge >= 0.3 is 0 Å². The summed E-state index contributed by atoms with van der Waals surface area (Å²) in [7, 11) is 0. The van der Waals surface area contributed by atoms with Gasteiger partial charge in [0.2, 0.25) is 17.7 Å². The topological polar surface area (TPSA) is 94.3 Å². The van der Waals surface area contributed by atoms with Crippen molar-refractivity contribution < 1.29 is 14.4 Å². The molecule has 1 aliphatic rings. The number of carbonyl (C=O) groups excluding carboxylic acids is 3. The van der Waals surface area contributed by atoms with E-state index in [1.54, 1.807) is 4.90 Å². The lowest BCUT2D eigenvalue weighted by Crippen LogP contribution is -2.53. The Hall–Kier alpha value is -2.83. The molecule has 1 fully saturated rings. The first-order valence-corrected chi connectivity index (χ1v) is 10.9. The van der Waals surface area contributed by atoms with E-state index in [4.69, 9.17) is 0 Å². The van der Waals surface area contributed by atoms with Crippen LogP contribution < -0.4 is 10.6 Å². The van der Waals surface area contributed by atoms with Crippen LogP contribution in [0.5, 0.6) is 0 Å². The minimum atomic E-state index is -0.649. The lowest BCUT2D eigenvalue weighted by atomic mass is 9.95. The molecule has 162 valence electrons. The predicted molar refractivity (Wildman–Crippen MR) is 117 cm³/mol. The van der Waals surface area contributed by atoms with Crippen molar-refractivity contribution in [2.24, 2.45) is 5.92 Å². The number of hydrogen-bond donors (Lipinski definition) is 3. The molecule has 1 aromatic heterocycles. The molecular weight excluding hydrogens is 380 g/mol.